The molecule has 0 saturated heterocycles. The SMILES string of the molecule is CC(Nc1cccc2cc(Br)cnc12)c1nccs1. The number of aromatic nitrogens is 2. The molecule has 3 aromatic rings. The van der Waals surface area contributed by atoms with Gasteiger partial charge in [0.1, 0.15) is 5.01 Å². The second kappa shape index (κ2) is 5.27. The number of para-hydroxylation sites is 1. The number of anilines is 1. The highest BCUT2D eigenvalue weighted by atomic mass is 79.9. The maximum Gasteiger partial charge on any atom is 0.115 e. The van der Waals surface area contributed by atoms with Crippen molar-refractivity contribution in [2.45, 2.75) is 13.0 Å². The fourth-order valence-corrected chi connectivity index (χ4v) is 2.99. The van der Waals surface area contributed by atoms with Crippen molar-refractivity contribution in [2.24, 2.45) is 0 Å². The highest BCUT2D eigenvalue weighted by Gasteiger charge is 2.10. The summed E-state index contributed by atoms with van der Waals surface area (Å²) in [6.45, 7) is 2.11. The van der Waals surface area contributed by atoms with Crippen LogP contribution in [0.5, 0.6) is 0 Å². The molecule has 0 aliphatic rings. The summed E-state index contributed by atoms with van der Waals surface area (Å²) in [7, 11) is 0. The van der Waals surface area contributed by atoms with Crippen LogP contribution in [0, 0.1) is 0 Å². The minimum atomic E-state index is 0.177. The van der Waals surface area contributed by atoms with Crippen molar-refractivity contribution < 1.29 is 0 Å². The molecule has 2 heterocycles. The van der Waals surface area contributed by atoms with Gasteiger partial charge in [-0.25, -0.2) is 4.98 Å². The third kappa shape index (κ3) is 2.62. The Labute approximate surface area is 123 Å². The van der Waals surface area contributed by atoms with Gasteiger partial charge >= 0.3 is 0 Å². The maximum absolute atomic E-state index is 4.49. The fourth-order valence-electron chi connectivity index (χ4n) is 1.99. The summed E-state index contributed by atoms with van der Waals surface area (Å²) >= 11 is 5.10. The summed E-state index contributed by atoms with van der Waals surface area (Å²) in [5.41, 5.74) is 2.02. The van der Waals surface area contributed by atoms with Gasteiger partial charge in [0.05, 0.1) is 17.2 Å². The van der Waals surface area contributed by atoms with Gasteiger partial charge in [0.15, 0.2) is 0 Å². The first-order valence-electron chi connectivity index (χ1n) is 5.94. The first-order valence-corrected chi connectivity index (χ1v) is 7.61. The predicted molar refractivity (Wildman–Crippen MR) is 83.6 cm³/mol. The van der Waals surface area contributed by atoms with E-state index in [1.54, 1.807) is 11.3 Å². The topological polar surface area (TPSA) is 37.8 Å². The van der Waals surface area contributed by atoms with Gasteiger partial charge in [-0.3, -0.25) is 4.98 Å². The molecule has 1 N–H and O–H groups in total. The highest BCUT2D eigenvalue weighted by molar-refractivity contribution is 9.10. The van der Waals surface area contributed by atoms with Crippen molar-refractivity contribution >= 4 is 43.9 Å². The lowest BCUT2D eigenvalue weighted by Gasteiger charge is -2.14. The van der Waals surface area contributed by atoms with Crippen LogP contribution in [-0.2, 0) is 0 Å². The quantitative estimate of drug-likeness (QED) is 0.759. The van der Waals surface area contributed by atoms with Crippen LogP contribution >= 0.6 is 27.3 Å². The third-order valence-corrected chi connectivity index (χ3v) is 4.26. The molecule has 1 unspecified atom stereocenters. The van der Waals surface area contributed by atoms with E-state index in [0.29, 0.717) is 0 Å². The van der Waals surface area contributed by atoms with Gasteiger partial charge in [-0.1, -0.05) is 12.1 Å². The first kappa shape index (κ1) is 12.6. The molecule has 0 aliphatic carbocycles. The molecule has 0 fully saturated rings. The number of rotatable bonds is 3. The predicted octanol–water partition coefficient (Wildman–Crippen LogP) is 4.63. The maximum atomic E-state index is 4.49. The molecule has 3 nitrogen and oxygen atoms in total. The Morgan fingerprint density at radius 1 is 1.32 bits per heavy atom. The Hall–Kier alpha value is -1.46. The summed E-state index contributed by atoms with van der Waals surface area (Å²) in [5, 5.41) is 7.66. The number of hydrogen-bond donors (Lipinski definition) is 1. The fraction of sp³-hybridized carbons (Fsp3) is 0.143. The smallest absolute Gasteiger partial charge is 0.115 e. The first-order chi connectivity index (χ1) is 9.24. The van der Waals surface area contributed by atoms with E-state index >= 15 is 0 Å². The zero-order chi connectivity index (χ0) is 13.2. The van der Waals surface area contributed by atoms with Crippen LogP contribution in [0.3, 0.4) is 0 Å². The van der Waals surface area contributed by atoms with Crippen LogP contribution in [0.4, 0.5) is 5.69 Å². The standard InChI is InChI=1S/C14H12BrN3S/c1-9(14-16-5-6-19-14)18-12-4-2-3-10-7-11(15)8-17-13(10)12/h2-9,18H,1H3. The average molecular weight is 334 g/mol. The Balaban J connectivity index is 1.97. The molecular formula is C14H12BrN3S. The van der Waals surface area contributed by atoms with E-state index in [1.807, 2.05) is 29.9 Å². The summed E-state index contributed by atoms with van der Waals surface area (Å²) in [5.74, 6) is 0. The Morgan fingerprint density at radius 3 is 3.00 bits per heavy atom. The Morgan fingerprint density at radius 2 is 2.21 bits per heavy atom. The van der Waals surface area contributed by atoms with Gasteiger partial charge in [0, 0.05) is 27.6 Å². The van der Waals surface area contributed by atoms with E-state index in [4.69, 9.17) is 0 Å². The van der Waals surface area contributed by atoms with Crippen LogP contribution in [0.15, 0.2) is 46.5 Å². The van der Waals surface area contributed by atoms with E-state index in [9.17, 15) is 0 Å². The number of fused-ring (bicyclic) bond motifs is 1. The van der Waals surface area contributed by atoms with Crippen molar-refractivity contribution in [1.82, 2.24) is 9.97 Å². The molecule has 0 amide bonds. The van der Waals surface area contributed by atoms with Gasteiger partial charge in [-0.2, -0.15) is 0 Å². The summed E-state index contributed by atoms with van der Waals surface area (Å²) < 4.78 is 0.991. The van der Waals surface area contributed by atoms with E-state index in [1.165, 1.54) is 0 Å². The molecule has 1 aromatic carbocycles. The molecular weight excluding hydrogens is 322 g/mol. The molecule has 96 valence electrons. The van der Waals surface area contributed by atoms with Crippen LogP contribution in [0.2, 0.25) is 0 Å². The molecule has 0 spiro atoms. The molecule has 3 rings (SSSR count). The number of pyridine rings is 1. The lowest BCUT2D eigenvalue weighted by atomic mass is 10.2. The second-order valence-corrected chi connectivity index (χ2v) is 6.11. The van der Waals surface area contributed by atoms with Gasteiger partial charge in [0.2, 0.25) is 0 Å². The van der Waals surface area contributed by atoms with Crippen molar-refractivity contribution in [3.05, 3.63) is 51.5 Å². The number of thiazole rings is 1. The van der Waals surface area contributed by atoms with Crippen molar-refractivity contribution in [3.8, 4) is 0 Å². The number of nitrogens with zero attached hydrogens (tertiary/aromatic N) is 2. The van der Waals surface area contributed by atoms with Crippen molar-refractivity contribution in [2.75, 3.05) is 5.32 Å². The molecule has 5 heteroatoms. The normalized spacial score (nSPS) is 12.5. The Bertz CT molecular complexity index is 697. The largest absolute Gasteiger partial charge is 0.374 e. The monoisotopic (exact) mass is 333 g/mol. The average Bonchev–Trinajstić information content (AvgIpc) is 2.92. The summed E-state index contributed by atoms with van der Waals surface area (Å²) in [6.07, 6.45) is 3.65. The minimum absolute atomic E-state index is 0.177. The third-order valence-electron chi connectivity index (χ3n) is 2.87. The highest BCUT2D eigenvalue weighted by Crippen LogP contribution is 2.27. The number of nitrogens with one attached hydrogen (secondary N) is 1. The molecule has 0 radical (unpaired) electrons. The lowest BCUT2D eigenvalue weighted by Crippen LogP contribution is -2.06. The molecule has 1 atom stereocenters. The number of halogens is 1. The minimum Gasteiger partial charge on any atom is -0.374 e. The number of hydrogen-bond acceptors (Lipinski definition) is 4. The second-order valence-electron chi connectivity index (χ2n) is 4.27. The summed E-state index contributed by atoms with van der Waals surface area (Å²) in [4.78, 5) is 8.82. The molecule has 2 aromatic heterocycles. The molecule has 0 bridgehead atoms. The molecule has 0 aliphatic heterocycles. The zero-order valence-corrected chi connectivity index (χ0v) is 12.7. The van der Waals surface area contributed by atoms with E-state index in [-0.39, 0.29) is 6.04 Å². The van der Waals surface area contributed by atoms with Crippen LogP contribution in [-0.4, -0.2) is 9.97 Å². The van der Waals surface area contributed by atoms with E-state index in [0.717, 1.165) is 26.1 Å². The van der Waals surface area contributed by atoms with Crippen molar-refractivity contribution in [1.29, 1.82) is 0 Å². The van der Waals surface area contributed by atoms with Gasteiger partial charge in [-0.15, -0.1) is 11.3 Å². The summed E-state index contributed by atoms with van der Waals surface area (Å²) in [6, 6.07) is 8.39. The zero-order valence-electron chi connectivity index (χ0n) is 10.3. The Kier molecular flexibility index (Phi) is 3.48. The van der Waals surface area contributed by atoms with Crippen LogP contribution in [0.25, 0.3) is 10.9 Å². The van der Waals surface area contributed by atoms with Gasteiger partial charge in [-0.05, 0) is 35.0 Å². The van der Waals surface area contributed by atoms with E-state index < -0.39 is 0 Å². The number of benzene rings is 1. The van der Waals surface area contributed by atoms with E-state index in [2.05, 4.69) is 50.3 Å². The van der Waals surface area contributed by atoms with Crippen LogP contribution in [0.1, 0.15) is 18.0 Å². The lowest BCUT2D eigenvalue weighted by molar-refractivity contribution is 0.871. The van der Waals surface area contributed by atoms with Crippen molar-refractivity contribution in [3.63, 3.8) is 0 Å². The van der Waals surface area contributed by atoms with Gasteiger partial charge in [0.25, 0.3) is 0 Å². The van der Waals surface area contributed by atoms with Crippen LogP contribution < -0.4 is 5.32 Å². The molecule has 19 heavy (non-hydrogen) atoms. The molecule has 0 saturated carbocycles. The van der Waals surface area contributed by atoms with Gasteiger partial charge < -0.3 is 5.32 Å².